The summed E-state index contributed by atoms with van der Waals surface area (Å²) in [6.07, 6.45) is 4.66. The molecule has 0 aliphatic heterocycles. The van der Waals surface area contributed by atoms with Crippen molar-refractivity contribution < 1.29 is 4.74 Å². The third-order valence-electron chi connectivity index (χ3n) is 4.78. The van der Waals surface area contributed by atoms with Crippen LogP contribution in [0.5, 0.6) is 5.75 Å². The minimum atomic E-state index is -0.272. The molecule has 1 aliphatic rings. The molecule has 2 unspecified atom stereocenters. The zero-order valence-electron chi connectivity index (χ0n) is 12.6. The first-order valence-corrected chi connectivity index (χ1v) is 7.72. The second kappa shape index (κ2) is 5.90. The van der Waals surface area contributed by atoms with Crippen molar-refractivity contribution in [1.29, 1.82) is 0 Å². The first kappa shape index (κ1) is 14.2. The molecule has 0 amide bonds. The van der Waals surface area contributed by atoms with Crippen molar-refractivity contribution in [1.82, 2.24) is 0 Å². The van der Waals surface area contributed by atoms with E-state index in [0.29, 0.717) is 5.92 Å². The molecular formula is C19H23NO. The average molecular weight is 281 g/mol. The Labute approximate surface area is 126 Å². The van der Waals surface area contributed by atoms with Gasteiger partial charge in [0.05, 0.1) is 7.11 Å². The van der Waals surface area contributed by atoms with Gasteiger partial charge in [-0.1, -0.05) is 55.3 Å². The predicted molar refractivity (Wildman–Crippen MR) is 86.5 cm³/mol. The van der Waals surface area contributed by atoms with Gasteiger partial charge in [-0.05, 0) is 36.1 Å². The van der Waals surface area contributed by atoms with E-state index in [2.05, 4.69) is 42.5 Å². The number of benzene rings is 2. The van der Waals surface area contributed by atoms with E-state index in [4.69, 9.17) is 10.5 Å². The molecule has 1 saturated carbocycles. The van der Waals surface area contributed by atoms with E-state index in [-0.39, 0.29) is 5.54 Å². The topological polar surface area (TPSA) is 35.2 Å². The van der Waals surface area contributed by atoms with E-state index in [1.807, 2.05) is 12.1 Å². The van der Waals surface area contributed by atoms with Crippen LogP contribution in [0.4, 0.5) is 0 Å². The van der Waals surface area contributed by atoms with Crippen LogP contribution in [-0.2, 0) is 5.54 Å². The van der Waals surface area contributed by atoms with Crippen LogP contribution in [0, 0.1) is 0 Å². The standard InChI is InChI=1S/C19H23NO/c1-21-17-12-10-16(11-13-17)19(20)14-6-5-9-18(19)15-7-3-2-4-8-15/h2-4,7-8,10-13,18H,5-6,9,14,20H2,1H3. The Hall–Kier alpha value is -1.80. The normalized spacial score (nSPS) is 25.5. The molecule has 0 spiro atoms. The molecule has 2 aromatic carbocycles. The fourth-order valence-corrected chi connectivity index (χ4v) is 3.59. The van der Waals surface area contributed by atoms with Crippen LogP contribution in [0.3, 0.4) is 0 Å². The fourth-order valence-electron chi connectivity index (χ4n) is 3.59. The molecular weight excluding hydrogens is 258 g/mol. The average Bonchev–Trinajstić information content (AvgIpc) is 2.56. The number of methoxy groups -OCH3 is 1. The fraction of sp³-hybridized carbons (Fsp3) is 0.368. The molecule has 1 aliphatic carbocycles. The van der Waals surface area contributed by atoms with Gasteiger partial charge in [0.25, 0.3) is 0 Å². The van der Waals surface area contributed by atoms with Gasteiger partial charge in [0, 0.05) is 11.5 Å². The zero-order valence-corrected chi connectivity index (χ0v) is 12.6. The van der Waals surface area contributed by atoms with Gasteiger partial charge >= 0.3 is 0 Å². The first-order chi connectivity index (χ1) is 10.2. The van der Waals surface area contributed by atoms with Crippen molar-refractivity contribution in [3.63, 3.8) is 0 Å². The Kier molecular flexibility index (Phi) is 3.98. The molecule has 2 heteroatoms. The van der Waals surface area contributed by atoms with Crippen molar-refractivity contribution in [2.24, 2.45) is 5.73 Å². The van der Waals surface area contributed by atoms with E-state index in [1.165, 1.54) is 24.0 Å². The summed E-state index contributed by atoms with van der Waals surface area (Å²) in [7, 11) is 1.70. The predicted octanol–water partition coefficient (Wildman–Crippen LogP) is 4.21. The molecule has 0 saturated heterocycles. The summed E-state index contributed by atoms with van der Waals surface area (Å²) in [4.78, 5) is 0. The highest BCUT2D eigenvalue weighted by atomic mass is 16.5. The van der Waals surface area contributed by atoms with Crippen LogP contribution in [0.2, 0.25) is 0 Å². The molecule has 0 bridgehead atoms. The van der Waals surface area contributed by atoms with Gasteiger partial charge in [-0.25, -0.2) is 0 Å². The van der Waals surface area contributed by atoms with Crippen LogP contribution < -0.4 is 10.5 Å². The van der Waals surface area contributed by atoms with Crippen LogP contribution in [0.1, 0.15) is 42.7 Å². The van der Waals surface area contributed by atoms with E-state index in [0.717, 1.165) is 18.6 Å². The first-order valence-electron chi connectivity index (χ1n) is 7.72. The maximum atomic E-state index is 6.91. The van der Waals surface area contributed by atoms with Crippen molar-refractivity contribution in [3.05, 3.63) is 65.7 Å². The maximum Gasteiger partial charge on any atom is 0.118 e. The molecule has 2 nitrogen and oxygen atoms in total. The summed E-state index contributed by atoms with van der Waals surface area (Å²) < 4.78 is 5.26. The third kappa shape index (κ3) is 2.68. The summed E-state index contributed by atoms with van der Waals surface area (Å²) >= 11 is 0. The Morgan fingerprint density at radius 2 is 1.71 bits per heavy atom. The largest absolute Gasteiger partial charge is 0.497 e. The van der Waals surface area contributed by atoms with Gasteiger partial charge in [-0.2, -0.15) is 0 Å². The lowest BCUT2D eigenvalue weighted by Gasteiger charge is -2.42. The van der Waals surface area contributed by atoms with Crippen molar-refractivity contribution >= 4 is 0 Å². The summed E-state index contributed by atoms with van der Waals surface area (Å²) in [5, 5.41) is 0. The number of ether oxygens (including phenoxy) is 1. The summed E-state index contributed by atoms with van der Waals surface area (Å²) in [6, 6.07) is 19.0. The number of hydrogen-bond donors (Lipinski definition) is 1. The number of hydrogen-bond acceptors (Lipinski definition) is 2. The van der Waals surface area contributed by atoms with E-state index in [1.54, 1.807) is 7.11 Å². The number of rotatable bonds is 3. The molecule has 2 atom stereocenters. The van der Waals surface area contributed by atoms with Crippen LogP contribution in [-0.4, -0.2) is 7.11 Å². The lowest BCUT2D eigenvalue weighted by atomic mass is 9.67. The second-order valence-corrected chi connectivity index (χ2v) is 5.98. The van der Waals surface area contributed by atoms with Crippen molar-refractivity contribution in [3.8, 4) is 5.75 Å². The molecule has 0 aromatic heterocycles. The highest BCUT2D eigenvalue weighted by Gasteiger charge is 2.39. The van der Waals surface area contributed by atoms with E-state index in [9.17, 15) is 0 Å². The third-order valence-corrected chi connectivity index (χ3v) is 4.78. The smallest absolute Gasteiger partial charge is 0.118 e. The Morgan fingerprint density at radius 1 is 1.00 bits per heavy atom. The molecule has 0 radical (unpaired) electrons. The van der Waals surface area contributed by atoms with Gasteiger partial charge in [0.2, 0.25) is 0 Å². The van der Waals surface area contributed by atoms with Gasteiger partial charge in [-0.15, -0.1) is 0 Å². The molecule has 1 fully saturated rings. The van der Waals surface area contributed by atoms with Crippen LogP contribution in [0.15, 0.2) is 54.6 Å². The maximum absolute atomic E-state index is 6.91. The second-order valence-electron chi connectivity index (χ2n) is 5.98. The zero-order chi connectivity index (χ0) is 14.7. The Bertz CT molecular complexity index is 578. The summed E-state index contributed by atoms with van der Waals surface area (Å²) in [6.45, 7) is 0. The molecule has 0 heterocycles. The highest BCUT2D eigenvalue weighted by Crippen LogP contribution is 2.45. The molecule has 2 N–H and O–H groups in total. The SMILES string of the molecule is COc1ccc(C2(N)CCCCC2c2ccccc2)cc1. The minimum Gasteiger partial charge on any atom is -0.497 e. The lowest BCUT2D eigenvalue weighted by Crippen LogP contribution is -2.44. The van der Waals surface area contributed by atoms with Gasteiger partial charge < -0.3 is 10.5 Å². The number of nitrogens with two attached hydrogens (primary N) is 1. The summed E-state index contributed by atoms with van der Waals surface area (Å²) in [5.74, 6) is 1.27. The molecule has 21 heavy (non-hydrogen) atoms. The van der Waals surface area contributed by atoms with E-state index >= 15 is 0 Å². The summed E-state index contributed by atoms with van der Waals surface area (Å²) in [5.41, 5.74) is 9.21. The quantitative estimate of drug-likeness (QED) is 0.914. The van der Waals surface area contributed by atoms with Gasteiger partial charge in [0.1, 0.15) is 5.75 Å². The van der Waals surface area contributed by atoms with Crippen LogP contribution in [0.25, 0.3) is 0 Å². The molecule has 3 rings (SSSR count). The van der Waals surface area contributed by atoms with Crippen molar-refractivity contribution in [2.45, 2.75) is 37.1 Å². The monoisotopic (exact) mass is 281 g/mol. The molecule has 2 aromatic rings. The minimum absolute atomic E-state index is 0.272. The highest BCUT2D eigenvalue weighted by molar-refractivity contribution is 5.36. The van der Waals surface area contributed by atoms with Gasteiger partial charge in [-0.3, -0.25) is 0 Å². The lowest BCUT2D eigenvalue weighted by molar-refractivity contribution is 0.254. The van der Waals surface area contributed by atoms with E-state index < -0.39 is 0 Å². The van der Waals surface area contributed by atoms with Crippen molar-refractivity contribution in [2.75, 3.05) is 7.11 Å². The van der Waals surface area contributed by atoms with Gasteiger partial charge in [0.15, 0.2) is 0 Å². The molecule has 110 valence electrons. The Balaban J connectivity index is 1.98. The Morgan fingerprint density at radius 3 is 2.38 bits per heavy atom. The van der Waals surface area contributed by atoms with Crippen LogP contribution >= 0.6 is 0 Å².